The Hall–Kier alpha value is -2.73. The van der Waals surface area contributed by atoms with Crippen molar-refractivity contribution in [3.05, 3.63) is 58.7 Å². The molecule has 24 heavy (non-hydrogen) atoms. The fraction of sp³-hybridized carbons (Fsp3) is 0.167. The predicted molar refractivity (Wildman–Crippen MR) is 94.8 cm³/mol. The highest BCUT2D eigenvalue weighted by atomic mass is 32.1. The summed E-state index contributed by atoms with van der Waals surface area (Å²) in [5, 5.41) is 3.37. The third kappa shape index (κ3) is 3.00. The topological polar surface area (TPSA) is 68.3 Å². The second-order valence-electron chi connectivity index (χ2n) is 5.40. The molecule has 6 heteroatoms. The lowest BCUT2D eigenvalue weighted by atomic mass is 10.1. The van der Waals surface area contributed by atoms with E-state index in [2.05, 4.69) is 15.0 Å². The van der Waals surface area contributed by atoms with Gasteiger partial charge in [-0.25, -0.2) is 9.78 Å². The minimum atomic E-state index is -0.432. The molecule has 122 valence electrons. The van der Waals surface area contributed by atoms with Gasteiger partial charge in [0.1, 0.15) is 0 Å². The second-order valence-corrected chi connectivity index (χ2v) is 6.43. The summed E-state index contributed by atoms with van der Waals surface area (Å²) in [6.45, 7) is 4.06. The molecule has 0 radical (unpaired) electrons. The lowest BCUT2D eigenvalue weighted by molar-refractivity contribution is 0.0600. The number of fused-ring (bicyclic) bond motifs is 1. The van der Waals surface area contributed by atoms with Crippen LogP contribution in [0.15, 0.2) is 36.4 Å². The van der Waals surface area contributed by atoms with Gasteiger partial charge >= 0.3 is 5.97 Å². The molecule has 1 heterocycles. The van der Waals surface area contributed by atoms with Crippen LogP contribution in [-0.4, -0.2) is 24.0 Å². The highest BCUT2D eigenvalue weighted by molar-refractivity contribution is 7.22. The summed E-state index contributed by atoms with van der Waals surface area (Å²) in [6, 6.07) is 10.4. The molecule has 0 atom stereocenters. The molecule has 5 nitrogen and oxygen atoms in total. The Bertz CT molecular complexity index is 929. The number of amides is 1. The molecular weight excluding hydrogens is 324 g/mol. The summed E-state index contributed by atoms with van der Waals surface area (Å²) in [5.74, 6) is -0.696. The first-order valence-corrected chi connectivity index (χ1v) is 8.17. The Labute approximate surface area is 143 Å². The largest absolute Gasteiger partial charge is 0.465 e. The van der Waals surface area contributed by atoms with Gasteiger partial charge in [0.15, 0.2) is 5.13 Å². The van der Waals surface area contributed by atoms with Crippen molar-refractivity contribution in [3.63, 3.8) is 0 Å². The minimum Gasteiger partial charge on any atom is -0.465 e. The van der Waals surface area contributed by atoms with Crippen LogP contribution in [0.2, 0.25) is 0 Å². The first-order chi connectivity index (χ1) is 11.5. The molecule has 1 aromatic heterocycles. The number of aryl methyl sites for hydroxylation is 2. The molecule has 0 aliphatic carbocycles. The number of nitrogens with zero attached hydrogens (tertiary/aromatic N) is 1. The lowest BCUT2D eigenvalue weighted by Crippen LogP contribution is -2.12. The molecule has 0 saturated heterocycles. The van der Waals surface area contributed by atoms with Crippen LogP contribution in [0, 0.1) is 13.8 Å². The normalized spacial score (nSPS) is 10.6. The van der Waals surface area contributed by atoms with Gasteiger partial charge in [0, 0.05) is 5.56 Å². The molecule has 1 N–H and O–H groups in total. The van der Waals surface area contributed by atoms with Gasteiger partial charge in [-0.1, -0.05) is 17.4 Å². The van der Waals surface area contributed by atoms with Crippen LogP contribution in [0.4, 0.5) is 5.13 Å². The van der Waals surface area contributed by atoms with Crippen molar-refractivity contribution >= 4 is 38.6 Å². The molecule has 0 bridgehead atoms. The fourth-order valence-corrected chi connectivity index (χ4v) is 3.24. The zero-order chi connectivity index (χ0) is 17.3. The maximum Gasteiger partial charge on any atom is 0.337 e. The van der Waals surface area contributed by atoms with E-state index in [1.165, 1.54) is 24.0 Å². The molecule has 0 fully saturated rings. The quantitative estimate of drug-likeness (QED) is 0.733. The third-order valence-electron chi connectivity index (χ3n) is 3.87. The average Bonchev–Trinajstić information content (AvgIpc) is 3.01. The van der Waals surface area contributed by atoms with Crippen molar-refractivity contribution in [2.45, 2.75) is 13.8 Å². The molecule has 0 unspecified atom stereocenters. The molecule has 3 aromatic rings. The third-order valence-corrected chi connectivity index (χ3v) is 4.81. The number of carbonyl (C=O) groups is 2. The van der Waals surface area contributed by atoms with Gasteiger partial charge < -0.3 is 4.74 Å². The van der Waals surface area contributed by atoms with Crippen LogP contribution in [0.1, 0.15) is 31.8 Å². The number of esters is 1. The molecule has 0 spiro atoms. The standard InChI is InChI=1S/C18H16N2O3S/c1-10-4-9-14-15(11(10)2)19-18(24-14)20-16(21)12-5-7-13(8-6-12)17(22)23-3/h4-9H,1-3H3,(H,19,20,21). The predicted octanol–water partition coefficient (Wildman–Crippen LogP) is 3.95. The van der Waals surface area contributed by atoms with E-state index >= 15 is 0 Å². The highest BCUT2D eigenvalue weighted by Crippen LogP contribution is 2.29. The zero-order valence-corrected chi connectivity index (χ0v) is 14.4. The number of benzene rings is 2. The Balaban J connectivity index is 1.82. The van der Waals surface area contributed by atoms with Gasteiger partial charge in [-0.15, -0.1) is 0 Å². The number of hydrogen-bond donors (Lipinski definition) is 1. The van der Waals surface area contributed by atoms with Gasteiger partial charge in [0.2, 0.25) is 0 Å². The maximum atomic E-state index is 12.3. The van der Waals surface area contributed by atoms with Crippen molar-refractivity contribution in [2.24, 2.45) is 0 Å². The number of nitrogens with one attached hydrogen (secondary N) is 1. The van der Waals surface area contributed by atoms with E-state index in [9.17, 15) is 9.59 Å². The molecule has 2 aromatic carbocycles. The number of ether oxygens (including phenoxy) is 1. The Morgan fingerprint density at radius 3 is 2.38 bits per heavy atom. The molecule has 1 amide bonds. The molecular formula is C18H16N2O3S. The van der Waals surface area contributed by atoms with Gasteiger partial charge in [0.25, 0.3) is 5.91 Å². The van der Waals surface area contributed by atoms with Crippen LogP contribution in [0.25, 0.3) is 10.2 Å². The Kier molecular flexibility index (Phi) is 4.31. The van der Waals surface area contributed by atoms with E-state index < -0.39 is 5.97 Å². The van der Waals surface area contributed by atoms with Gasteiger partial charge in [0.05, 0.1) is 22.9 Å². The van der Waals surface area contributed by atoms with Crippen LogP contribution >= 0.6 is 11.3 Å². The number of rotatable bonds is 3. The van der Waals surface area contributed by atoms with Crippen molar-refractivity contribution < 1.29 is 14.3 Å². The number of hydrogen-bond acceptors (Lipinski definition) is 5. The molecule has 0 aliphatic rings. The van der Waals surface area contributed by atoms with E-state index in [0.717, 1.165) is 15.8 Å². The first kappa shape index (κ1) is 16.1. The van der Waals surface area contributed by atoms with E-state index in [1.54, 1.807) is 24.3 Å². The molecule has 0 aliphatic heterocycles. The van der Waals surface area contributed by atoms with Crippen molar-refractivity contribution in [3.8, 4) is 0 Å². The fourth-order valence-electron chi connectivity index (χ4n) is 2.32. The van der Waals surface area contributed by atoms with Crippen LogP contribution in [-0.2, 0) is 4.74 Å². The number of thiazole rings is 1. The first-order valence-electron chi connectivity index (χ1n) is 7.36. The van der Waals surface area contributed by atoms with Crippen LogP contribution in [0.5, 0.6) is 0 Å². The van der Waals surface area contributed by atoms with Crippen molar-refractivity contribution in [2.75, 3.05) is 12.4 Å². The van der Waals surface area contributed by atoms with Gasteiger partial charge in [-0.3, -0.25) is 10.1 Å². The summed E-state index contributed by atoms with van der Waals surface area (Å²) in [5.41, 5.74) is 4.06. The highest BCUT2D eigenvalue weighted by Gasteiger charge is 2.13. The zero-order valence-electron chi connectivity index (χ0n) is 13.5. The van der Waals surface area contributed by atoms with Gasteiger partial charge in [-0.2, -0.15) is 0 Å². The summed E-state index contributed by atoms with van der Waals surface area (Å²) < 4.78 is 5.68. The van der Waals surface area contributed by atoms with E-state index in [1.807, 2.05) is 26.0 Å². The number of carbonyl (C=O) groups excluding carboxylic acids is 2. The lowest BCUT2D eigenvalue weighted by Gasteiger charge is -2.03. The van der Waals surface area contributed by atoms with E-state index in [4.69, 9.17) is 0 Å². The summed E-state index contributed by atoms with van der Waals surface area (Å²) in [4.78, 5) is 28.3. The SMILES string of the molecule is COC(=O)c1ccc(C(=O)Nc2nc3c(C)c(C)ccc3s2)cc1. The smallest absolute Gasteiger partial charge is 0.337 e. The number of methoxy groups -OCH3 is 1. The Morgan fingerprint density at radius 1 is 1.04 bits per heavy atom. The summed E-state index contributed by atoms with van der Waals surface area (Å²) in [7, 11) is 1.32. The minimum absolute atomic E-state index is 0.264. The summed E-state index contributed by atoms with van der Waals surface area (Å²) >= 11 is 1.44. The van der Waals surface area contributed by atoms with Crippen LogP contribution < -0.4 is 5.32 Å². The number of anilines is 1. The average molecular weight is 340 g/mol. The monoisotopic (exact) mass is 340 g/mol. The second kappa shape index (κ2) is 6.41. The van der Waals surface area contributed by atoms with E-state index in [0.29, 0.717) is 16.3 Å². The molecule has 3 rings (SSSR count). The van der Waals surface area contributed by atoms with E-state index in [-0.39, 0.29) is 5.91 Å². The van der Waals surface area contributed by atoms with Gasteiger partial charge in [-0.05, 0) is 55.3 Å². The maximum absolute atomic E-state index is 12.3. The molecule has 0 saturated carbocycles. The number of aromatic nitrogens is 1. The van der Waals surface area contributed by atoms with Crippen molar-refractivity contribution in [1.29, 1.82) is 0 Å². The van der Waals surface area contributed by atoms with Crippen molar-refractivity contribution in [1.82, 2.24) is 4.98 Å². The Morgan fingerprint density at radius 2 is 1.71 bits per heavy atom. The van der Waals surface area contributed by atoms with Crippen LogP contribution in [0.3, 0.4) is 0 Å². The summed E-state index contributed by atoms with van der Waals surface area (Å²) in [6.07, 6.45) is 0.